The van der Waals surface area contributed by atoms with E-state index in [2.05, 4.69) is 23.5 Å². The molecule has 0 bridgehead atoms. The van der Waals surface area contributed by atoms with Crippen molar-refractivity contribution in [2.75, 3.05) is 7.05 Å². The molecule has 0 heterocycles. The van der Waals surface area contributed by atoms with Crippen molar-refractivity contribution in [3.8, 4) is 5.75 Å². The first-order chi connectivity index (χ1) is 10.6. The molecule has 0 aliphatic heterocycles. The lowest BCUT2D eigenvalue weighted by molar-refractivity contribution is 0.0954. The molecule has 4 atom stereocenters. The number of hydrogen-bond donors (Lipinski definition) is 2. The van der Waals surface area contributed by atoms with E-state index in [1.165, 1.54) is 42.5 Å². The Balaban J connectivity index is 1.69. The molecule has 3 heteroatoms. The first kappa shape index (κ1) is 14.1. The van der Waals surface area contributed by atoms with E-state index in [0.717, 1.165) is 24.7 Å². The SMILES string of the molecule is CN/N=C1/CC[C@@H]2[C@@H]3CCc4cc(O)ccc4[C@H]3CC[C@]12C. The van der Waals surface area contributed by atoms with Crippen LogP contribution in [0.25, 0.3) is 0 Å². The topological polar surface area (TPSA) is 44.6 Å². The van der Waals surface area contributed by atoms with Gasteiger partial charge < -0.3 is 10.5 Å². The van der Waals surface area contributed by atoms with Crippen molar-refractivity contribution in [2.24, 2.45) is 22.4 Å². The third-order valence-corrected chi connectivity index (χ3v) is 6.70. The highest BCUT2D eigenvalue weighted by molar-refractivity contribution is 5.92. The van der Waals surface area contributed by atoms with Gasteiger partial charge in [0.15, 0.2) is 0 Å². The van der Waals surface area contributed by atoms with Gasteiger partial charge in [-0.25, -0.2) is 0 Å². The summed E-state index contributed by atoms with van der Waals surface area (Å²) in [6, 6.07) is 6.04. The Morgan fingerprint density at radius 3 is 2.91 bits per heavy atom. The van der Waals surface area contributed by atoms with Gasteiger partial charge in [0, 0.05) is 18.2 Å². The normalized spacial score (nSPS) is 38.3. The molecule has 4 rings (SSSR count). The zero-order valence-electron chi connectivity index (χ0n) is 13.6. The maximum absolute atomic E-state index is 9.75. The van der Waals surface area contributed by atoms with Crippen molar-refractivity contribution >= 4 is 5.71 Å². The molecule has 2 saturated carbocycles. The van der Waals surface area contributed by atoms with E-state index in [1.54, 1.807) is 0 Å². The molecule has 0 unspecified atom stereocenters. The Labute approximate surface area is 132 Å². The summed E-state index contributed by atoms with van der Waals surface area (Å²) in [6.07, 6.45) is 7.36. The molecule has 22 heavy (non-hydrogen) atoms. The summed E-state index contributed by atoms with van der Waals surface area (Å²) in [7, 11) is 1.92. The third-order valence-electron chi connectivity index (χ3n) is 6.70. The number of hydrazone groups is 1. The van der Waals surface area contributed by atoms with Crippen LogP contribution in [0.1, 0.15) is 56.1 Å². The van der Waals surface area contributed by atoms with E-state index < -0.39 is 0 Å². The van der Waals surface area contributed by atoms with Crippen LogP contribution in [0.2, 0.25) is 0 Å². The predicted molar refractivity (Wildman–Crippen MR) is 89.2 cm³/mol. The smallest absolute Gasteiger partial charge is 0.115 e. The van der Waals surface area contributed by atoms with Crippen molar-refractivity contribution in [3.63, 3.8) is 0 Å². The lowest BCUT2D eigenvalue weighted by Gasteiger charge is -2.49. The highest BCUT2D eigenvalue weighted by Crippen LogP contribution is 2.59. The Morgan fingerprint density at radius 2 is 2.09 bits per heavy atom. The van der Waals surface area contributed by atoms with Gasteiger partial charge in [0.05, 0.1) is 0 Å². The molecule has 3 nitrogen and oxygen atoms in total. The largest absolute Gasteiger partial charge is 0.508 e. The highest BCUT2D eigenvalue weighted by Gasteiger charge is 2.53. The van der Waals surface area contributed by atoms with Crippen LogP contribution >= 0.6 is 0 Å². The monoisotopic (exact) mass is 298 g/mol. The number of aryl methyl sites for hydroxylation is 1. The number of phenolic OH excluding ortho intramolecular Hbond substituents is 1. The first-order valence-electron chi connectivity index (χ1n) is 8.69. The number of hydrogen-bond acceptors (Lipinski definition) is 3. The molecule has 0 radical (unpaired) electrons. The van der Waals surface area contributed by atoms with Crippen molar-refractivity contribution in [2.45, 2.75) is 51.4 Å². The number of fused-ring (bicyclic) bond motifs is 5. The van der Waals surface area contributed by atoms with E-state index in [4.69, 9.17) is 0 Å². The molecule has 118 valence electrons. The van der Waals surface area contributed by atoms with Gasteiger partial charge in [-0.15, -0.1) is 0 Å². The maximum Gasteiger partial charge on any atom is 0.115 e. The van der Waals surface area contributed by atoms with Crippen molar-refractivity contribution in [1.82, 2.24) is 5.43 Å². The fraction of sp³-hybridized carbons (Fsp3) is 0.632. The molecule has 0 saturated heterocycles. The van der Waals surface area contributed by atoms with Crippen LogP contribution in [-0.4, -0.2) is 17.9 Å². The molecule has 1 aromatic rings. The van der Waals surface area contributed by atoms with E-state index in [0.29, 0.717) is 17.1 Å². The van der Waals surface area contributed by atoms with E-state index in [9.17, 15) is 5.11 Å². The standard InChI is InChI=1S/C19H26N2O/c1-19-10-9-15-14-6-4-13(22)11-12(14)3-5-16(15)17(19)7-8-18(19)21-20-2/h4,6,11,15-17,20,22H,3,5,7-10H2,1-2H3/b21-18-/t15-,16-,17-,19+/m1/s1. The van der Waals surface area contributed by atoms with Crippen LogP contribution in [0.15, 0.2) is 23.3 Å². The summed E-state index contributed by atoms with van der Waals surface area (Å²) < 4.78 is 0. The number of nitrogens with zero attached hydrogens (tertiary/aromatic N) is 1. The van der Waals surface area contributed by atoms with Crippen LogP contribution < -0.4 is 5.43 Å². The molecule has 2 N–H and O–H groups in total. The van der Waals surface area contributed by atoms with E-state index in [-0.39, 0.29) is 0 Å². The van der Waals surface area contributed by atoms with Crippen LogP contribution in [0.5, 0.6) is 5.75 Å². The Kier molecular flexibility index (Phi) is 3.21. The minimum atomic E-state index is 0.304. The van der Waals surface area contributed by atoms with Gasteiger partial charge in [-0.1, -0.05) is 13.0 Å². The van der Waals surface area contributed by atoms with Crippen LogP contribution in [0.3, 0.4) is 0 Å². The lowest BCUT2D eigenvalue weighted by atomic mass is 9.55. The van der Waals surface area contributed by atoms with Crippen molar-refractivity contribution < 1.29 is 5.11 Å². The Morgan fingerprint density at radius 1 is 1.23 bits per heavy atom. The second kappa shape index (κ2) is 5.00. The highest BCUT2D eigenvalue weighted by atomic mass is 16.3. The summed E-state index contributed by atoms with van der Waals surface area (Å²) in [5, 5.41) is 14.4. The molecule has 3 aliphatic rings. The second-order valence-electron chi connectivity index (χ2n) is 7.58. The van der Waals surface area contributed by atoms with Crippen LogP contribution in [0.4, 0.5) is 0 Å². The average molecular weight is 298 g/mol. The molecular weight excluding hydrogens is 272 g/mol. The number of phenols is 1. The Hall–Kier alpha value is -1.51. The number of aromatic hydroxyl groups is 1. The fourth-order valence-electron chi connectivity index (χ4n) is 5.68. The van der Waals surface area contributed by atoms with Crippen LogP contribution in [0, 0.1) is 17.3 Å². The predicted octanol–water partition coefficient (Wildman–Crippen LogP) is 3.82. The van der Waals surface area contributed by atoms with Crippen molar-refractivity contribution in [1.29, 1.82) is 0 Å². The summed E-state index contributed by atoms with van der Waals surface area (Å²) in [6.45, 7) is 2.45. The maximum atomic E-state index is 9.75. The molecule has 0 amide bonds. The minimum absolute atomic E-state index is 0.304. The fourth-order valence-corrected chi connectivity index (χ4v) is 5.68. The average Bonchev–Trinajstić information content (AvgIpc) is 2.84. The van der Waals surface area contributed by atoms with Gasteiger partial charge in [-0.05, 0) is 79.5 Å². The number of benzene rings is 1. The van der Waals surface area contributed by atoms with Crippen LogP contribution in [-0.2, 0) is 6.42 Å². The molecule has 3 aliphatic carbocycles. The first-order valence-corrected chi connectivity index (χ1v) is 8.69. The molecular formula is C19H26N2O. The van der Waals surface area contributed by atoms with Crippen molar-refractivity contribution in [3.05, 3.63) is 29.3 Å². The number of rotatable bonds is 1. The van der Waals surface area contributed by atoms with Gasteiger partial charge in [0.25, 0.3) is 0 Å². The summed E-state index contributed by atoms with van der Waals surface area (Å²) >= 11 is 0. The quantitative estimate of drug-likeness (QED) is 0.774. The molecule has 0 aromatic heterocycles. The Bertz CT molecular complexity index is 624. The van der Waals surface area contributed by atoms with Gasteiger partial charge in [-0.3, -0.25) is 0 Å². The van der Waals surface area contributed by atoms with Gasteiger partial charge >= 0.3 is 0 Å². The van der Waals surface area contributed by atoms with Gasteiger partial charge in [-0.2, -0.15) is 5.10 Å². The molecule has 2 fully saturated rings. The van der Waals surface area contributed by atoms with Gasteiger partial charge in [0.1, 0.15) is 5.75 Å². The zero-order chi connectivity index (χ0) is 15.3. The number of nitrogens with one attached hydrogen (secondary N) is 1. The summed E-state index contributed by atoms with van der Waals surface area (Å²) in [4.78, 5) is 0. The van der Waals surface area contributed by atoms with Gasteiger partial charge in [0.2, 0.25) is 0 Å². The summed E-state index contributed by atoms with van der Waals surface area (Å²) in [5.74, 6) is 2.68. The second-order valence-corrected chi connectivity index (χ2v) is 7.58. The summed E-state index contributed by atoms with van der Waals surface area (Å²) in [5.41, 5.74) is 7.62. The molecule has 1 aromatic carbocycles. The third kappa shape index (κ3) is 1.90. The zero-order valence-corrected chi connectivity index (χ0v) is 13.6. The molecule has 0 spiro atoms. The lowest BCUT2D eigenvalue weighted by Crippen LogP contribution is -2.42. The van der Waals surface area contributed by atoms with E-state index in [1.807, 2.05) is 19.2 Å². The minimum Gasteiger partial charge on any atom is -0.508 e. The van der Waals surface area contributed by atoms with E-state index >= 15 is 0 Å².